The molecule has 160 valence electrons. The molecule has 0 saturated heterocycles. The van der Waals surface area contributed by atoms with E-state index >= 15 is 0 Å². The molecule has 9 nitrogen and oxygen atoms in total. The quantitative estimate of drug-likeness (QED) is 0.770. The SMILES string of the molecule is COC[C@H]1COc2c([S@@](N)(=O)=NC(=O)Nc3c4c(cc5c3CCC5)CCC4)cnn21. The standard InChI is InChI=1S/C20H25N5O4S/c1-28-10-14-11-29-19-17(9-22-25(14)19)30(21,27)24-20(26)23-18-15-6-2-4-12(15)8-13-5-3-7-16(13)18/h8-9,14H,2-7,10-11H2,1H3,(H3,21,23,24,26,27)/t14-,30-/m0/s1. The molecule has 0 saturated carbocycles. The maximum atomic E-state index is 13.1. The topological polar surface area (TPSA) is 121 Å². The van der Waals surface area contributed by atoms with E-state index in [-0.39, 0.29) is 16.8 Å². The molecule has 10 heteroatoms. The van der Waals surface area contributed by atoms with Crippen LogP contribution in [0.2, 0.25) is 0 Å². The smallest absolute Gasteiger partial charge is 0.354 e. The highest BCUT2D eigenvalue weighted by Gasteiger charge is 2.32. The summed E-state index contributed by atoms with van der Waals surface area (Å²) in [5, 5.41) is 13.1. The van der Waals surface area contributed by atoms with Crippen molar-refractivity contribution in [3.63, 3.8) is 0 Å². The number of aromatic nitrogens is 2. The molecular formula is C20H25N5O4S. The molecule has 0 spiro atoms. The zero-order valence-corrected chi connectivity index (χ0v) is 17.7. The lowest BCUT2D eigenvalue weighted by molar-refractivity contribution is 0.145. The van der Waals surface area contributed by atoms with Crippen molar-refractivity contribution >= 4 is 21.6 Å². The Hall–Kier alpha value is -2.43. The molecule has 1 aromatic heterocycles. The number of anilines is 1. The third-order valence-electron chi connectivity index (χ3n) is 6.07. The summed E-state index contributed by atoms with van der Waals surface area (Å²) in [6.07, 6.45) is 7.43. The molecule has 3 aliphatic rings. The first kappa shape index (κ1) is 19.5. The van der Waals surface area contributed by atoms with Crippen molar-refractivity contribution in [2.24, 2.45) is 9.50 Å². The minimum absolute atomic E-state index is 0.125. The molecule has 0 unspecified atom stereocenters. The second kappa shape index (κ2) is 7.36. The third kappa shape index (κ3) is 3.19. The molecule has 3 N–H and O–H groups in total. The van der Waals surface area contributed by atoms with Crippen LogP contribution in [0.15, 0.2) is 21.5 Å². The van der Waals surface area contributed by atoms with Gasteiger partial charge < -0.3 is 14.8 Å². The van der Waals surface area contributed by atoms with Crippen LogP contribution in [0.3, 0.4) is 0 Å². The fraction of sp³-hybridized carbons (Fsp3) is 0.500. The summed E-state index contributed by atoms with van der Waals surface area (Å²) >= 11 is 0. The molecule has 2 heterocycles. The Morgan fingerprint density at radius 1 is 1.33 bits per heavy atom. The van der Waals surface area contributed by atoms with Gasteiger partial charge in [-0.3, -0.25) is 0 Å². The number of nitrogens with zero attached hydrogens (tertiary/aromatic N) is 3. The highest BCUT2D eigenvalue weighted by atomic mass is 32.2. The van der Waals surface area contributed by atoms with E-state index in [0.29, 0.717) is 13.2 Å². The van der Waals surface area contributed by atoms with E-state index in [1.807, 2.05) is 0 Å². The molecule has 2 aromatic rings. The van der Waals surface area contributed by atoms with Crippen molar-refractivity contribution in [3.05, 3.63) is 34.5 Å². The van der Waals surface area contributed by atoms with E-state index in [2.05, 4.69) is 20.8 Å². The average molecular weight is 432 g/mol. The number of urea groups is 1. The van der Waals surface area contributed by atoms with Gasteiger partial charge >= 0.3 is 6.03 Å². The normalized spacial score (nSPS) is 20.8. The lowest BCUT2D eigenvalue weighted by atomic mass is 9.99. The number of carbonyl (C=O) groups is 1. The van der Waals surface area contributed by atoms with E-state index in [1.165, 1.54) is 28.5 Å². The zero-order valence-electron chi connectivity index (χ0n) is 16.8. The van der Waals surface area contributed by atoms with E-state index < -0.39 is 15.9 Å². The predicted octanol–water partition coefficient (Wildman–Crippen LogP) is 2.37. The second-order valence-electron chi connectivity index (χ2n) is 8.00. The fourth-order valence-corrected chi connectivity index (χ4v) is 5.75. The first-order valence-electron chi connectivity index (χ1n) is 10.2. The van der Waals surface area contributed by atoms with Gasteiger partial charge in [-0.15, -0.1) is 4.36 Å². The average Bonchev–Trinajstić information content (AvgIpc) is 3.46. The molecule has 5 rings (SSSR count). The summed E-state index contributed by atoms with van der Waals surface area (Å²) in [4.78, 5) is 12.9. The molecule has 1 aliphatic heterocycles. The van der Waals surface area contributed by atoms with Gasteiger partial charge in [-0.25, -0.2) is 18.8 Å². The lowest BCUT2D eigenvalue weighted by Crippen LogP contribution is -2.19. The number of hydrogen-bond acceptors (Lipinski definition) is 5. The Kier molecular flexibility index (Phi) is 4.79. The van der Waals surface area contributed by atoms with Crippen LogP contribution in [0.5, 0.6) is 5.88 Å². The van der Waals surface area contributed by atoms with Crippen molar-refractivity contribution in [3.8, 4) is 5.88 Å². The lowest BCUT2D eigenvalue weighted by Gasteiger charge is -2.15. The highest BCUT2D eigenvalue weighted by molar-refractivity contribution is 7.91. The highest BCUT2D eigenvalue weighted by Crippen LogP contribution is 2.39. The molecule has 0 fully saturated rings. The maximum Gasteiger partial charge on any atom is 0.354 e. The first-order valence-corrected chi connectivity index (χ1v) is 11.8. The van der Waals surface area contributed by atoms with E-state index in [4.69, 9.17) is 14.6 Å². The number of benzene rings is 1. The van der Waals surface area contributed by atoms with Crippen molar-refractivity contribution in [1.82, 2.24) is 9.78 Å². The molecule has 0 bridgehead atoms. The van der Waals surface area contributed by atoms with Gasteiger partial charge in [0.2, 0.25) is 5.88 Å². The third-order valence-corrected chi connectivity index (χ3v) is 7.42. The number of rotatable bonds is 4. The Bertz CT molecular complexity index is 1120. The first-order chi connectivity index (χ1) is 14.5. The van der Waals surface area contributed by atoms with Crippen LogP contribution in [0.4, 0.5) is 10.5 Å². The van der Waals surface area contributed by atoms with Crippen molar-refractivity contribution < 1.29 is 18.5 Å². The summed E-state index contributed by atoms with van der Waals surface area (Å²) in [6.45, 7) is 0.746. The minimum Gasteiger partial charge on any atom is -0.475 e. The Labute approximate surface area is 175 Å². The molecule has 2 atom stereocenters. The Morgan fingerprint density at radius 3 is 2.70 bits per heavy atom. The van der Waals surface area contributed by atoms with Gasteiger partial charge in [-0.2, -0.15) is 5.10 Å². The molecule has 2 amide bonds. The van der Waals surface area contributed by atoms with E-state index in [9.17, 15) is 9.00 Å². The summed E-state index contributed by atoms with van der Waals surface area (Å²) in [6, 6.07) is 1.45. The maximum absolute atomic E-state index is 13.1. The van der Waals surface area contributed by atoms with Gasteiger partial charge in [-0.1, -0.05) is 6.07 Å². The molecular weight excluding hydrogens is 406 g/mol. The van der Waals surface area contributed by atoms with Gasteiger partial charge in [0, 0.05) is 12.8 Å². The predicted molar refractivity (Wildman–Crippen MR) is 111 cm³/mol. The summed E-state index contributed by atoms with van der Waals surface area (Å²) in [5.41, 5.74) is 5.80. The van der Waals surface area contributed by atoms with Crippen LogP contribution in [-0.2, 0) is 40.3 Å². The molecule has 2 aliphatic carbocycles. The number of methoxy groups -OCH3 is 1. The number of ether oxygens (including phenoxy) is 2. The second-order valence-corrected chi connectivity index (χ2v) is 9.76. The monoisotopic (exact) mass is 431 g/mol. The zero-order chi connectivity index (χ0) is 20.9. The van der Waals surface area contributed by atoms with Crippen LogP contribution < -0.4 is 15.2 Å². The number of hydrogen-bond donors (Lipinski definition) is 2. The molecule has 0 radical (unpaired) electrons. The van der Waals surface area contributed by atoms with E-state index in [1.54, 1.807) is 11.8 Å². The van der Waals surface area contributed by atoms with Gasteiger partial charge in [0.1, 0.15) is 17.5 Å². The van der Waals surface area contributed by atoms with E-state index in [0.717, 1.165) is 44.2 Å². The number of fused-ring (bicyclic) bond motifs is 3. The molecule has 30 heavy (non-hydrogen) atoms. The fourth-order valence-electron chi connectivity index (χ4n) is 4.76. The van der Waals surface area contributed by atoms with Crippen LogP contribution in [0, 0.1) is 0 Å². The van der Waals surface area contributed by atoms with Crippen molar-refractivity contribution in [2.45, 2.75) is 49.5 Å². The van der Waals surface area contributed by atoms with Crippen LogP contribution >= 0.6 is 0 Å². The largest absolute Gasteiger partial charge is 0.475 e. The van der Waals surface area contributed by atoms with Crippen molar-refractivity contribution in [2.75, 3.05) is 25.6 Å². The van der Waals surface area contributed by atoms with Crippen LogP contribution in [0.1, 0.15) is 41.1 Å². The van der Waals surface area contributed by atoms with Gasteiger partial charge in [0.15, 0.2) is 9.92 Å². The van der Waals surface area contributed by atoms with Crippen LogP contribution in [0.25, 0.3) is 0 Å². The molecule has 1 aromatic carbocycles. The van der Waals surface area contributed by atoms with Crippen molar-refractivity contribution in [1.29, 1.82) is 0 Å². The number of aryl methyl sites for hydroxylation is 2. The number of nitrogens with one attached hydrogen (secondary N) is 1. The van der Waals surface area contributed by atoms with Gasteiger partial charge in [0.05, 0.1) is 12.8 Å². The summed E-state index contributed by atoms with van der Waals surface area (Å²) in [5.74, 6) is 0.280. The minimum atomic E-state index is -3.51. The number of carbonyl (C=O) groups excluding carboxylic acids is 1. The number of amides is 2. The summed E-state index contributed by atoms with van der Waals surface area (Å²) < 4.78 is 29.3. The van der Waals surface area contributed by atoms with Gasteiger partial charge in [-0.05, 0) is 60.8 Å². The Balaban J connectivity index is 1.45. The number of nitrogens with two attached hydrogens (primary N) is 1. The summed E-state index contributed by atoms with van der Waals surface area (Å²) in [7, 11) is -1.93. The van der Waals surface area contributed by atoms with Gasteiger partial charge in [0.25, 0.3) is 0 Å². The Morgan fingerprint density at radius 2 is 2.03 bits per heavy atom. The van der Waals surface area contributed by atoms with Crippen LogP contribution in [-0.4, -0.2) is 40.3 Å².